The van der Waals surface area contributed by atoms with E-state index < -0.39 is 13.2 Å². The van der Waals surface area contributed by atoms with E-state index in [1.54, 1.807) is 0 Å². The molecule has 31 heavy (non-hydrogen) atoms. The van der Waals surface area contributed by atoms with Gasteiger partial charge < -0.3 is 5.11 Å². The molecule has 4 aromatic rings. The molecule has 4 aromatic carbocycles. The lowest BCUT2D eigenvalue weighted by Gasteiger charge is -2.29. The molecule has 2 nitrogen and oxygen atoms in total. The SMILES string of the molecule is Br.O=C(O)/C=C(\c1ccccc1)[P+](c1ccccc1)(c1ccccc1)c1ccccc1. The molecule has 0 spiro atoms. The molecule has 0 radical (unpaired) electrons. The Kier molecular flexibility index (Phi) is 7.57. The third-order valence-corrected chi connectivity index (χ3v) is 9.45. The Labute approximate surface area is 194 Å². The van der Waals surface area contributed by atoms with Gasteiger partial charge in [-0.05, 0) is 36.4 Å². The van der Waals surface area contributed by atoms with Gasteiger partial charge in [0.1, 0.15) is 28.5 Å². The van der Waals surface area contributed by atoms with Crippen molar-refractivity contribution in [3.05, 3.63) is 133 Å². The average Bonchev–Trinajstić information content (AvgIpc) is 2.81. The molecular weight excluding hydrogens is 467 g/mol. The third-order valence-electron chi connectivity index (χ3n) is 5.12. The zero-order valence-corrected chi connectivity index (χ0v) is 19.4. The molecule has 0 aliphatic rings. The topological polar surface area (TPSA) is 37.3 Å². The summed E-state index contributed by atoms with van der Waals surface area (Å²) in [6.45, 7) is 0. The number of benzene rings is 4. The Bertz CT molecular complexity index is 1050. The first-order chi connectivity index (χ1) is 14.7. The van der Waals surface area contributed by atoms with Gasteiger partial charge in [0.15, 0.2) is 0 Å². The Morgan fingerprint density at radius 3 is 1.23 bits per heavy atom. The predicted octanol–water partition coefficient (Wildman–Crippen LogP) is 5.68. The molecule has 4 heteroatoms. The number of carboxylic acid groups (broad SMARTS) is 1. The first kappa shape index (κ1) is 22.7. The highest BCUT2D eigenvalue weighted by atomic mass is 79.9. The van der Waals surface area contributed by atoms with Gasteiger partial charge >= 0.3 is 5.97 Å². The molecule has 1 N–H and O–H groups in total. The largest absolute Gasteiger partial charge is 0.478 e. The lowest BCUT2D eigenvalue weighted by Crippen LogP contribution is -2.32. The van der Waals surface area contributed by atoms with E-state index in [4.69, 9.17) is 0 Å². The number of carboxylic acids is 1. The third kappa shape index (κ3) is 4.54. The summed E-state index contributed by atoms with van der Waals surface area (Å²) in [7, 11) is -2.46. The summed E-state index contributed by atoms with van der Waals surface area (Å²) < 4.78 is 0. The average molecular weight is 490 g/mol. The van der Waals surface area contributed by atoms with E-state index in [2.05, 4.69) is 36.4 Å². The number of hydrogen-bond donors (Lipinski definition) is 1. The second-order valence-corrected chi connectivity index (χ2v) is 10.3. The summed E-state index contributed by atoms with van der Waals surface area (Å²) in [6.07, 6.45) is 1.40. The van der Waals surface area contributed by atoms with Crippen molar-refractivity contribution in [2.75, 3.05) is 0 Å². The lowest BCUT2D eigenvalue weighted by atomic mass is 10.2. The van der Waals surface area contributed by atoms with E-state index in [0.29, 0.717) is 0 Å². The number of halogens is 1. The molecule has 0 bridgehead atoms. The fraction of sp³-hybridized carbons (Fsp3) is 0. The van der Waals surface area contributed by atoms with Crippen LogP contribution in [-0.4, -0.2) is 11.1 Å². The highest BCUT2D eigenvalue weighted by Gasteiger charge is 2.50. The fourth-order valence-corrected chi connectivity index (χ4v) is 8.35. The fourth-order valence-electron chi connectivity index (χ4n) is 3.92. The van der Waals surface area contributed by atoms with E-state index in [0.717, 1.165) is 26.8 Å². The molecule has 0 atom stereocenters. The molecular formula is C27H23BrO2P+. The second kappa shape index (κ2) is 10.3. The van der Waals surface area contributed by atoms with Crippen LogP contribution in [0.15, 0.2) is 127 Å². The maximum atomic E-state index is 12.1. The molecule has 154 valence electrons. The minimum absolute atomic E-state index is 0. The number of hydrogen-bond acceptors (Lipinski definition) is 1. The smallest absolute Gasteiger partial charge is 0.332 e. The number of carbonyl (C=O) groups is 1. The predicted molar refractivity (Wildman–Crippen MR) is 138 cm³/mol. The Hall–Kier alpha value is -3.00. The molecule has 0 fully saturated rings. The zero-order chi connectivity index (χ0) is 20.8. The van der Waals surface area contributed by atoms with Gasteiger partial charge in [-0.3, -0.25) is 0 Å². The Morgan fingerprint density at radius 2 is 0.903 bits per heavy atom. The van der Waals surface area contributed by atoms with Gasteiger partial charge in [0, 0.05) is 5.56 Å². The van der Waals surface area contributed by atoms with E-state index in [-0.39, 0.29) is 17.0 Å². The van der Waals surface area contributed by atoms with Gasteiger partial charge in [-0.1, -0.05) is 84.9 Å². The molecule has 0 heterocycles. The van der Waals surface area contributed by atoms with Crippen molar-refractivity contribution in [1.82, 2.24) is 0 Å². The van der Waals surface area contributed by atoms with Crippen molar-refractivity contribution >= 4 is 51.4 Å². The van der Waals surface area contributed by atoms with Crippen LogP contribution in [0.1, 0.15) is 5.56 Å². The Morgan fingerprint density at radius 1 is 0.581 bits per heavy atom. The van der Waals surface area contributed by atoms with E-state index in [9.17, 15) is 9.90 Å². The number of aliphatic carboxylic acids is 1. The van der Waals surface area contributed by atoms with Crippen LogP contribution < -0.4 is 15.9 Å². The van der Waals surface area contributed by atoms with Gasteiger partial charge in [-0.25, -0.2) is 4.79 Å². The molecule has 0 unspecified atom stereocenters. The first-order valence-electron chi connectivity index (χ1n) is 9.79. The van der Waals surface area contributed by atoms with Crippen molar-refractivity contribution in [2.24, 2.45) is 0 Å². The Balaban J connectivity index is 0.00000272. The normalized spacial score (nSPS) is 11.4. The number of rotatable bonds is 6. The molecule has 0 saturated carbocycles. The standard InChI is InChI=1S/C27H21O2P.BrH/c28-27(29)21-26(22-13-5-1-6-14-22)30(23-15-7-2-8-16-23,24-17-9-3-10-18-24)25-19-11-4-12-20-25;/h1-21H;1H/p+1/b26-21+;. The molecule has 4 rings (SSSR count). The van der Waals surface area contributed by atoms with Gasteiger partial charge in [-0.15, -0.1) is 17.0 Å². The van der Waals surface area contributed by atoms with Crippen LogP contribution in [0.2, 0.25) is 0 Å². The van der Waals surface area contributed by atoms with Crippen molar-refractivity contribution in [3.63, 3.8) is 0 Å². The van der Waals surface area contributed by atoms with Crippen molar-refractivity contribution < 1.29 is 9.90 Å². The molecule has 0 saturated heterocycles. The van der Waals surface area contributed by atoms with Crippen LogP contribution in [0, 0.1) is 0 Å². The summed E-state index contributed by atoms with van der Waals surface area (Å²) in [5, 5.41) is 14.1. The van der Waals surface area contributed by atoms with Gasteiger partial charge in [-0.2, -0.15) is 0 Å². The van der Waals surface area contributed by atoms with Crippen LogP contribution in [-0.2, 0) is 4.79 Å². The molecule has 0 aliphatic heterocycles. The zero-order valence-electron chi connectivity index (χ0n) is 16.8. The van der Waals surface area contributed by atoms with E-state index >= 15 is 0 Å². The van der Waals surface area contributed by atoms with Crippen molar-refractivity contribution in [3.8, 4) is 0 Å². The van der Waals surface area contributed by atoms with Gasteiger partial charge in [0.25, 0.3) is 0 Å². The summed E-state index contributed by atoms with van der Waals surface area (Å²) in [6, 6.07) is 40.7. The van der Waals surface area contributed by atoms with Crippen molar-refractivity contribution in [2.45, 2.75) is 0 Å². The molecule has 0 aromatic heterocycles. The molecule has 0 aliphatic carbocycles. The first-order valence-corrected chi connectivity index (χ1v) is 11.6. The van der Waals surface area contributed by atoms with Crippen LogP contribution in [0.4, 0.5) is 0 Å². The second-order valence-electron chi connectivity index (χ2n) is 6.91. The van der Waals surface area contributed by atoms with Crippen LogP contribution in [0.25, 0.3) is 5.31 Å². The minimum atomic E-state index is -2.46. The maximum Gasteiger partial charge on any atom is 0.332 e. The van der Waals surface area contributed by atoms with E-state index in [1.165, 1.54) is 6.08 Å². The minimum Gasteiger partial charge on any atom is -0.478 e. The van der Waals surface area contributed by atoms with Crippen LogP contribution >= 0.6 is 24.2 Å². The summed E-state index contributed by atoms with van der Waals surface area (Å²) in [5.74, 6) is -0.943. The summed E-state index contributed by atoms with van der Waals surface area (Å²) in [4.78, 5) is 12.1. The van der Waals surface area contributed by atoms with Crippen LogP contribution in [0.3, 0.4) is 0 Å². The quantitative estimate of drug-likeness (QED) is 0.279. The van der Waals surface area contributed by atoms with Gasteiger partial charge in [0.2, 0.25) is 0 Å². The van der Waals surface area contributed by atoms with Gasteiger partial charge in [0.05, 0.1) is 6.08 Å². The molecule has 0 amide bonds. The van der Waals surface area contributed by atoms with Crippen molar-refractivity contribution in [1.29, 1.82) is 0 Å². The summed E-state index contributed by atoms with van der Waals surface area (Å²) >= 11 is 0. The monoisotopic (exact) mass is 489 g/mol. The highest BCUT2D eigenvalue weighted by Crippen LogP contribution is 2.66. The summed E-state index contributed by atoms with van der Waals surface area (Å²) in [5.41, 5.74) is 0.921. The van der Waals surface area contributed by atoms with Crippen LogP contribution in [0.5, 0.6) is 0 Å². The maximum absolute atomic E-state index is 12.1. The van der Waals surface area contributed by atoms with E-state index in [1.807, 2.05) is 84.9 Å². The highest BCUT2D eigenvalue weighted by molar-refractivity contribution is 8.93. The lowest BCUT2D eigenvalue weighted by molar-refractivity contribution is -0.131.